The average molecular weight is 455 g/mol. The molecule has 33 heavy (non-hydrogen) atoms. The molecule has 2 N–H and O–H groups in total. The van der Waals surface area contributed by atoms with Gasteiger partial charge in [0.2, 0.25) is 5.88 Å². The van der Waals surface area contributed by atoms with Crippen molar-refractivity contribution in [3.05, 3.63) is 71.2 Å². The summed E-state index contributed by atoms with van der Waals surface area (Å²) < 4.78 is 36.6. The normalized spacial score (nSPS) is 14.6. The Morgan fingerprint density at radius 3 is 2.70 bits per heavy atom. The molecule has 0 saturated carbocycles. The molecule has 1 amide bonds. The summed E-state index contributed by atoms with van der Waals surface area (Å²) in [5, 5.41) is 13.6. The molecule has 1 aromatic carbocycles. The van der Waals surface area contributed by atoms with E-state index in [1.165, 1.54) is 12.3 Å². The number of alkyl halides is 2. The maximum absolute atomic E-state index is 12.9. The van der Waals surface area contributed by atoms with Crippen LogP contribution in [0.3, 0.4) is 0 Å². The van der Waals surface area contributed by atoms with Crippen molar-refractivity contribution in [3.63, 3.8) is 0 Å². The Hall–Kier alpha value is -3.43. The molecule has 172 valence electrons. The number of rotatable bonds is 7. The van der Waals surface area contributed by atoms with Crippen LogP contribution in [0.15, 0.2) is 48.8 Å². The van der Waals surface area contributed by atoms with Crippen molar-refractivity contribution in [2.24, 2.45) is 0 Å². The molecular weight excluding hydrogens is 432 g/mol. The van der Waals surface area contributed by atoms with Gasteiger partial charge in [-0.2, -0.15) is 0 Å². The first-order valence-corrected chi connectivity index (χ1v) is 10.4. The quantitative estimate of drug-likeness (QED) is 0.553. The molecule has 3 aromatic rings. The zero-order chi connectivity index (χ0) is 23.6. The number of nitrogens with zero attached hydrogens (tertiary/aromatic N) is 2. The maximum Gasteiger partial charge on any atom is 0.280 e. The predicted molar refractivity (Wildman–Crippen MR) is 117 cm³/mol. The number of aromatic nitrogens is 2. The molecule has 1 saturated heterocycles. The Bertz CT molecular complexity index is 1180. The van der Waals surface area contributed by atoms with Gasteiger partial charge in [0.1, 0.15) is 11.3 Å². The second kappa shape index (κ2) is 9.21. The third-order valence-corrected chi connectivity index (χ3v) is 5.39. The highest BCUT2D eigenvalue weighted by Crippen LogP contribution is 2.38. The summed E-state index contributed by atoms with van der Waals surface area (Å²) in [6.07, 6.45) is 0.0585. The topological polar surface area (TPSA) is 93.6 Å². The lowest BCUT2D eigenvalue weighted by Crippen LogP contribution is -2.46. The van der Waals surface area contributed by atoms with Gasteiger partial charge in [0, 0.05) is 29.2 Å². The summed E-state index contributed by atoms with van der Waals surface area (Å²) in [6.45, 7) is 4.46. The summed E-state index contributed by atoms with van der Waals surface area (Å²) in [5.74, 6) is -0.178. The van der Waals surface area contributed by atoms with E-state index in [0.29, 0.717) is 23.7 Å². The van der Waals surface area contributed by atoms with Crippen LogP contribution in [0, 0.1) is 6.92 Å². The Kier molecular flexibility index (Phi) is 6.35. The highest BCUT2D eigenvalue weighted by molar-refractivity contribution is 6.04. The standard InChI is InChI=1S/C24H23F2N3O4/c1-3-33-23-19(24(31)12-32-13-24)8-16(11-28-23)18-10-17(5-4-14(18)2)29-22(30)15-6-7-27-20(9-15)21(25)26/h4-11,21,31H,3,12-13H2,1-2H3,(H,29,30). The number of anilines is 1. The second-order valence-corrected chi connectivity index (χ2v) is 7.79. The SMILES string of the molecule is CCOc1ncc(-c2cc(NC(=O)c3ccnc(C(F)F)c3)ccc2C)cc1C1(O)COC1. The van der Waals surface area contributed by atoms with E-state index in [9.17, 15) is 18.7 Å². The molecule has 1 fully saturated rings. The summed E-state index contributed by atoms with van der Waals surface area (Å²) in [5.41, 5.74) is 1.92. The lowest BCUT2D eigenvalue weighted by Gasteiger charge is -2.37. The molecule has 4 rings (SSSR count). The zero-order valence-electron chi connectivity index (χ0n) is 18.1. The van der Waals surface area contributed by atoms with Gasteiger partial charge < -0.3 is 19.9 Å². The second-order valence-electron chi connectivity index (χ2n) is 7.79. The third-order valence-electron chi connectivity index (χ3n) is 5.39. The largest absolute Gasteiger partial charge is 0.478 e. The summed E-state index contributed by atoms with van der Waals surface area (Å²) in [7, 11) is 0. The molecule has 0 bridgehead atoms. The number of halogens is 2. The summed E-state index contributed by atoms with van der Waals surface area (Å²) in [6, 6.07) is 9.58. The summed E-state index contributed by atoms with van der Waals surface area (Å²) in [4.78, 5) is 20.6. The Labute approximate surface area is 189 Å². The molecule has 1 aliphatic heterocycles. The number of hydrogen-bond acceptors (Lipinski definition) is 6. The molecule has 1 aliphatic rings. The van der Waals surface area contributed by atoms with E-state index in [1.807, 2.05) is 26.0 Å². The van der Waals surface area contributed by atoms with Crippen molar-refractivity contribution < 1.29 is 28.2 Å². The molecular formula is C24H23F2N3O4. The van der Waals surface area contributed by atoms with Gasteiger partial charge in [-0.25, -0.2) is 13.8 Å². The van der Waals surface area contributed by atoms with E-state index >= 15 is 0 Å². The predicted octanol–water partition coefficient (Wildman–Crippen LogP) is 4.26. The molecule has 7 nitrogen and oxygen atoms in total. The van der Waals surface area contributed by atoms with E-state index in [4.69, 9.17) is 9.47 Å². The molecule has 3 heterocycles. The van der Waals surface area contributed by atoms with Crippen molar-refractivity contribution in [1.82, 2.24) is 9.97 Å². The minimum absolute atomic E-state index is 0.0830. The van der Waals surface area contributed by atoms with E-state index in [2.05, 4.69) is 15.3 Å². The van der Waals surface area contributed by atoms with Gasteiger partial charge in [-0.3, -0.25) is 9.78 Å². The van der Waals surface area contributed by atoms with Crippen LogP contribution in [0.2, 0.25) is 0 Å². The van der Waals surface area contributed by atoms with Crippen LogP contribution < -0.4 is 10.1 Å². The molecule has 9 heteroatoms. The van der Waals surface area contributed by atoms with Gasteiger partial charge in [0.05, 0.1) is 25.4 Å². The number of aliphatic hydroxyl groups is 1. The van der Waals surface area contributed by atoms with Crippen molar-refractivity contribution in [3.8, 4) is 17.0 Å². The average Bonchev–Trinajstić information content (AvgIpc) is 2.79. The third kappa shape index (κ3) is 4.69. The fourth-order valence-corrected chi connectivity index (χ4v) is 3.56. The first-order valence-electron chi connectivity index (χ1n) is 10.4. The Balaban J connectivity index is 1.64. The Morgan fingerprint density at radius 2 is 2.03 bits per heavy atom. The fourth-order valence-electron chi connectivity index (χ4n) is 3.56. The Morgan fingerprint density at radius 1 is 1.24 bits per heavy atom. The first kappa shape index (κ1) is 22.8. The van der Waals surface area contributed by atoms with Crippen LogP contribution in [-0.4, -0.2) is 40.8 Å². The van der Waals surface area contributed by atoms with E-state index in [0.717, 1.165) is 22.8 Å². The van der Waals surface area contributed by atoms with Crippen molar-refractivity contribution >= 4 is 11.6 Å². The van der Waals surface area contributed by atoms with Gasteiger partial charge >= 0.3 is 0 Å². The first-order chi connectivity index (χ1) is 15.8. The smallest absolute Gasteiger partial charge is 0.280 e. The van der Waals surface area contributed by atoms with Crippen LogP contribution in [0.4, 0.5) is 14.5 Å². The van der Waals surface area contributed by atoms with Crippen LogP contribution >= 0.6 is 0 Å². The molecule has 2 aromatic heterocycles. The molecule has 0 atom stereocenters. The maximum atomic E-state index is 12.9. The fraction of sp³-hybridized carbons (Fsp3) is 0.292. The molecule has 0 aliphatic carbocycles. The lowest BCUT2D eigenvalue weighted by atomic mass is 9.90. The molecule has 0 radical (unpaired) electrons. The number of ether oxygens (including phenoxy) is 2. The number of nitrogens with one attached hydrogen (secondary N) is 1. The van der Waals surface area contributed by atoms with Crippen LogP contribution in [0.5, 0.6) is 5.88 Å². The lowest BCUT2D eigenvalue weighted by molar-refractivity contribution is -0.185. The summed E-state index contributed by atoms with van der Waals surface area (Å²) >= 11 is 0. The van der Waals surface area contributed by atoms with Crippen LogP contribution in [0.1, 0.15) is 40.5 Å². The van der Waals surface area contributed by atoms with Crippen LogP contribution in [-0.2, 0) is 10.3 Å². The number of pyridine rings is 2. The number of benzene rings is 1. The van der Waals surface area contributed by atoms with Gasteiger partial charge in [-0.05, 0) is 55.3 Å². The monoisotopic (exact) mass is 455 g/mol. The number of amides is 1. The van der Waals surface area contributed by atoms with E-state index in [-0.39, 0.29) is 18.8 Å². The number of hydrogen-bond donors (Lipinski definition) is 2. The molecule has 0 unspecified atom stereocenters. The minimum atomic E-state index is -2.76. The van der Waals surface area contributed by atoms with E-state index < -0.39 is 23.6 Å². The van der Waals surface area contributed by atoms with Gasteiger partial charge in [0.25, 0.3) is 12.3 Å². The van der Waals surface area contributed by atoms with Crippen molar-refractivity contribution in [1.29, 1.82) is 0 Å². The number of carbonyl (C=O) groups is 1. The highest BCUT2D eigenvalue weighted by Gasteiger charge is 2.41. The van der Waals surface area contributed by atoms with Crippen molar-refractivity contribution in [2.75, 3.05) is 25.1 Å². The zero-order valence-corrected chi connectivity index (χ0v) is 18.1. The highest BCUT2D eigenvalue weighted by atomic mass is 19.3. The number of aryl methyl sites for hydroxylation is 1. The van der Waals surface area contributed by atoms with Gasteiger partial charge in [0.15, 0.2) is 0 Å². The van der Waals surface area contributed by atoms with Crippen LogP contribution in [0.25, 0.3) is 11.1 Å². The minimum Gasteiger partial charge on any atom is -0.478 e. The van der Waals surface area contributed by atoms with Gasteiger partial charge in [-0.1, -0.05) is 6.07 Å². The molecule has 0 spiro atoms. The van der Waals surface area contributed by atoms with Gasteiger partial charge in [-0.15, -0.1) is 0 Å². The number of carbonyl (C=O) groups excluding carboxylic acids is 1. The van der Waals surface area contributed by atoms with Crippen molar-refractivity contribution in [2.45, 2.75) is 25.9 Å². The van der Waals surface area contributed by atoms with E-state index in [1.54, 1.807) is 18.3 Å².